The molecule has 1 N–H and O–H groups in total. The molecule has 1 aromatic carbocycles. The van der Waals surface area contributed by atoms with Crippen LogP contribution in [0.3, 0.4) is 0 Å². The van der Waals surface area contributed by atoms with E-state index >= 15 is 4.39 Å². The van der Waals surface area contributed by atoms with Crippen molar-refractivity contribution in [3.05, 3.63) is 33.1 Å². The molecule has 1 aliphatic heterocycles. The van der Waals surface area contributed by atoms with E-state index in [4.69, 9.17) is 9.47 Å². The molecule has 31 heavy (non-hydrogen) atoms. The summed E-state index contributed by atoms with van der Waals surface area (Å²) >= 11 is 3.29. The smallest absolute Gasteiger partial charge is 0.339 e. The molecule has 3 aliphatic rings. The van der Waals surface area contributed by atoms with E-state index in [9.17, 15) is 14.4 Å². The predicted molar refractivity (Wildman–Crippen MR) is 115 cm³/mol. The van der Waals surface area contributed by atoms with Crippen LogP contribution in [0.4, 0.5) is 15.8 Å². The van der Waals surface area contributed by atoms with E-state index in [1.807, 2.05) is 0 Å². The Morgan fingerprint density at radius 2 is 1.77 bits per heavy atom. The third-order valence-corrected chi connectivity index (χ3v) is 6.83. The maximum absolute atomic E-state index is 15.5. The lowest BCUT2D eigenvalue weighted by molar-refractivity contribution is -0.120. The number of nitrogens with one attached hydrogen (secondary N) is 1. The van der Waals surface area contributed by atoms with Crippen LogP contribution in [0.5, 0.6) is 0 Å². The standard InChI is InChI=1S/C22H24BrFN2O5/c1-30-11-25-19-17(23)15(22(29)31-12-6-2-3-7-12)10-16(18(19)24)26-20(27)13-8-4-5-9-14(13)21(26)28/h10,12,25H,2-9,11H2,1H3. The van der Waals surface area contributed by atoms with Gasteiger partial charge >= 0.3 is 5.97 Å². The van der Waals surface area contributed by atoms with Gasteiger partial charge < -0.3 is 14.8 Å². The Kier molecular flexibility index (Phi) is 6.43. The van der Waals surface area contributed by atoms with Gasteiger partial charge in [0, 0.05) is 18.3 Å². The maximum Gasteiger partial charge on any atom is 0.339 e. The van der Waals surface area contributed by atoms with Crippen molar-refractivity contribution in [2.45, 2.75) is 57.5 Å². The molecule has 0 radical (unpaired) electrons. The fraction of sp³-hybridized carbons (Fsp3) is 0.500. The summed E-state index contributed by atoms with van der Waals surface area (Å²) in [5.74, 6) is -2.48. The number of methoxy groups -OCH3 is 1. The molecule has 4 rings (SSSR count). The second-order valence-corrected chi connectivity index (χ2v) is 8.77. The molecular weight excluding hydrogens is 471 g/mol. The number of carbonyl (C=O) groups is 3. The number of nitrogens with zero attached hydrogens (tertiary/aromatic N) is 1. The molecule has 0 atom stereocenters. The van der Waals surface area contributed by atoms with Crippen molar-refractivity contribution in [2.24, 2.45) is 0 Å². The molecule has 1 aromatic rings. The minimum atomic E-state index is -0.817. The summed E-state index contributed by atoms with van der Waals surface area (Å²) < 4.78 is 26.2. The lowest BCUT2D eigenvalue weighted by Gasteiger charge is -2.21. The fourth-order valence-electron chi connectivity index (χ4n) is 4.41. The van der Waals surface area contributed by atoms with Crippen molar-refractivity contribution in [3.63, 3.8) is 0 Å². The average molecular weight is 495 g/mol. The summed E-state index contributed by atoms with van der Waals surface area (Å²) in [5, 5.41) is 2.76. The summed E-state index contributed by atoms with van der Waals surface area (Å²) in [6, 6.07) is 1.23. The molecule has 7 nitrogen and oxygen atoms in total. The number of ether oxygens (including phenoxy) is 2. The van der Waals surface area contributed by atoms with E-state index in [1.165, 1.54) is 13.2 Å². The lowest BCUT2D eigenvalue weighted by Crippen LogP contribution is -2.33. The zero-order valence-electron chi connectivity index (χ0n) is 17.3. The first-order valence-corrected chi connectivity index (χ1v) is 11.3. The van der Waals surface area contributed by atoms with Crippen LogP contribution in [0.1, 0.15) is 61.7 Å². The van der Waals surface area contributed by atoms with E-state index in [-0.39, 0.29) is 34.2 Å². The highest BCUT2D eigenvalue weighted by Gasteiger charge is 2.42. The zero-order chi connectivity index (χ0) is 22.1. The van der Waals surface area contributed by atoms with Gasteiger partial charge in [0.05, 0.1) is 21.4 Å². The Balaban J connectivity index is 1.75. The Labute approximate surface area is 188 Å². The van der Waals surface area contributed by atoms with Gasteiger partial charge in [0.1, 0.15) is 12.8 Å². The van der Waals surface area contributed by atoms with Crippen LogP contribution in [-0.4, -0.2) is 37.7 Å². The molecule has 0 bridgehead atoms. The van der Waals surface area contributed by atoms with Gasteiger partial charge in [-0.1, -0.05) is 0 Å². The predicted octanol–water partition coefficient (Wildman–Crippen LogP) is 4.45. The maximum atomic E-state index is 15.5. The van der Waals surface area contributed by atoms with E-state index in [0.717, 1.165) is 43.4 Å². The number of hydrogen-bond donors (Lipinski definition) is 1. The quantitative estimate of drug-likeness (QED) is 0.357. The van der Waals surface area contributed by atoms with Crippen molar-refractivity contribution in [2.75, 3.05) is 24.1 Å². The fourth-order valence-corrected chi connectivity index (χ4v) is 5.00. The molecule has 2 amide bonds. The summed E-state index contributed by atoms with van der Waals surface area (Å²) in [6.45, 7) is -0.0350. The molecule has 9 heteroatoms. The number of anilines is 2. The van der Waals surface area contributed by atoms with Gasteiger partial charge in [-0.25, -0.2) is 14.1 Å². The van der Waals surface area contributed by atoms with E-state index in [0.29, 0.717) is 24.0 Å². The van der Waals surface area contributed by atoms with Crippen molar-refractivity contribution in [1.29, 1.82) is 0 Å². The topological polar surface area (TPSA) is 84.9 Å². The average Bonchev–Trinajstić information content (AvgIpc) is 3.36. The van der Waals surface area contributed by atoms with Crippen LogP contribution in [-0.2, 0) is 19.1 Å². The molecule has 0 saturated heterocycles. The number of halogens is 2. The van der Waals surface area contributed by atoms with Crippen LogP contribution in [0, 0.1) is 5.82 Å². The number of carbonyl (C=O) groups excluding carboxylic acids is 3. The first-order valence-electron chi connectivity index (χ1n) is 10.5. The molecule has 2 aliphatic carbocycles. The van der Waals surface area contributed by atoms with Crippen LogP contribution in [0.15, 0.2) is 21.7 Å². The van der Waals surface area contributed by atoms with Gasteiger partial charge in [-0.3, -0.25) is 9.59 Å². The third-order valence-electron chi connectivity index (χ3n) is 6.00. The summed E-state index contributed by atoms with van der Waals surface area (Å²) in [5.41, 5.74) is 0.611. The highest BCUT2D eigenvalue weighted by Crippen LogP contribution is 2.41. The minimum absolute atomic E-state index is 0.0350. The van der Waals surface area contributed by atoms with Crippen molar-refractivity contribution < 1.29 is 28.2 Å². The minimum Gasteiger partial charge on any atom is -0.459 e. The molecule has 1 heterocycles. The molecule has 1 saturated carbocycles. The summed E-state index contributed by atoms with van der Waals surface area (Å²) in [6.07, 6.45) is 5.98. The molecule has 166 valence electrons. The number of amides is 2. The second-order valence-electron chi connectivity index (χ2n) is 7.98. The van der Waals surface area contributed by atoms with E-state index in [1.54, 1.807) is 0 Å². The first kappa shape index (κ1) is 22.0. The Bertz CT molecular complexity index is 943. The van der Waals surface area contributed by atoms with Gasteiger partial charge in [-0.15, -0.1) is 0 Å². The number of imide groups is 1. The molecule has 0 aromatic heterocycles. The third kappa shape index (κ3) is 4.01. The SMILES string of the molecule is COCNc1c(F)c(N2C(=O)C3=C(CCCC3)C2=O)cc(C(=O)OC2CCCC2)c1Br. The van der Waals surface area contributed by atoms with Gasteiger partial charge in [0.15, 0.2) is 5.82 Å². The lowest BCUT2D eigenvalue weighted by atomic mass is 9.93. The summed E-state index contributed by atoms with van der Waals surface area (Å²) in [7, 11) is 1.43. The normalized spacial score (nSPS) is 19.3. The van der Waals surface area contributed by atoms with Gasteiger partial charge in [0.25, 0.3) is 11.8 Å². The number of rotatable bonds is 6. The molecule has 0 spiro atoms. The molecule has 1 fully saturated rings. The number of hydrogen-bond acceptors (Lipinski definition) is 6. The van der Waals surface area contributed by atoms with Crippen LogP contribution < -0.4 is 10.2 Å². The number of benzene rings is 1. The van der Waals surface area contributed by atoms with Crippen LogP contribution in [0.25, 0.3) is 0 Å². The van der Waals surface area contributed by atoms with Gasteiger partial charge in [-0.2, -0.15) is 0 Å². The highest BCUT2D eigenvalue weighted by atomic mass is 79.9. The summed E-state index contributed by atoms with van der Waals surface area (Å²) in [4.78, 5) is 39.7. The monoisotopic (exact) mass is 494 g/mol. The zero-order valence-corrected chi connectivity index (χ0v) is 18.8. The Morgan fingerprint density at radius 1 is 1.16 bits per heavy atom. The second kappa shape index (κ2) is 9.08. The molecule has 0 unspecified atom stereocenters. The van der Waals surface area contributed by atoms with Gasteiger partial charge in [0.2, 0.25) is 0 Å². The Morgan fingerprint density at radius 3 is 2.35 bits per heavy atom. The van der Waals surface area contributed by atoms with Crippen molar-refractivity contribution in [3.8, 4) is 0 Å². The van der Waals surface area contributed by atoms with Crippen molar-refractivity contribution in [1.82, 2.24) is 0 Å². The number of esters is 1. The van der Waals surface area contributed by atoms with Crippen molar-refractivity contribution >= 4 is 45.1 Å². The van der Waals surface area contributed by atoms with E-state index < -0.39 is 23.6 Å². The molecular formula is C22H24BrFN2O5. The highest BCUT2D eigenvalue weighted by molar-refractivity contribution is 9.10. The Hall–Kier alpha value is -2.26. The largest absolute Gasteiger partial charge is 0.459 e. The van der Waals surface area contributed by atoms with Crippen LogP contribution >= 0.6 is 15.9 Å². The first-order chi connectivity index (χ1) is 14.9. The van der Waals surface area contributed by atoms with E-state index in [2.05, 4.69) is 21.2 Å². The van der Waals surface area contributed by atoms with Gasteiger partial charge in [-0.05, 0) is 73.4 Å². The van der Waals surface area contributed by atoms with Crippen LogP contribution in [0.2, 0.25) is 0 Å².